The molecule has 0 bridgehead atoms. The SMILES string of the molecule is CCCCCCCC(CCCC)OS(=O)(=O)OS(=O)(=O)[O-].[Na+]. The first-order valence-corrected chi connectivity index (χ1v) is 9.97. The van der Waals surface area contributed by atoms with Crippen molar-refractivity contribution in [2.75, 3.05) is 0 Å². The van der Waals surface area contributed by atoms with E-state index in [4.69, 9.17) is 4.18 Å². The molecule has 0 aliphatic carbocycles. The molecule has 0 aliphatic rings. The van der Waals surface area contributed by atoms with Gasteiger partial charge < -0.3 is 4.55 Å². The van der Waals surface area contributed by atoms with Crippen LogP contribution in [-0.4, -0.2) is 27.5 Å². The molecule has 22 heavy (non-hydrogen) atoms. The van der Waals surface area contributed by atoms with Gasteiger partial charge in [-0.15, -0.1) is 3.63 Å². The van der Waals surface area contributed by atoms with Crippen molar-refractivity contribution in [3.05, 3.63) is 0 Å². The summed E-state index contributed by atoms with van der Waals surface area (Å²) < 4.78 is 61.8. The van der Waals surface area contributed by atoms with Crippen LogP contribution in [0.3, 0.4) is 0 Å². The second kappa shape index (κ2) is 13.1. The zero-order chi connectivity index (χ0) is 16.4. The van der Waals surface area contributed by atoms with Crippen LogP contribution in [0.15, 0.2) is 0 Å². The smallest absolute Gasteiger partial charge is 0.725 e. The average Bonchev–Trinajstić information content (AvgIpc) is 2.32. The Labute approximate surface area is 156 Å². The number of hydrogen-bond donors (Lipinski definition) is 0. The summed E-state index contributed by atoms with van der Waals surface area (Å²) in [6.07, 6.45) is 6.96. The van der Waals surface area contributed by atoms with Gasteiger partial charge in [-0.2, -0.15) is 8.42 Å². The average molecular weight is 368 g/mol. The van der Waals surface area contributed by atoms with Crippen LogP contribution in [0.2, 0.25) is 0 Å². The summed E-state index contributed by atoms with van der Waals surface area (Å²) in [6.45, 7) is 4.05. The summed E-state index contributed by atoms with van der Waals surface area (Å²) >= 11 is 0. The Bertz CT molecular complexity index is 462. The molecule has 0 radical (unpaired) electrons. The number of rotatable bonds is 13. The molecular formula is C12H25NaO7S2. The van der Waals surface area contributed by atoms with E-state index in [9.17, 15) is 21.4 Å². The molecule has 0 fully saturated rings. The maximum absolute atomic E-state index is 11.3. The molecule has 0 amide bonds. The van der Waals surface area contributed by atoms with Crippen molar-refractivity contribution in [2.45, 2.75) is 77.7 Å². The van der Waals surface area contributed by atoms with Gasteiger partial charge in [-0.3, -0.25) is 0 Å². The van der Waals surface area contributed by atoms with Crippen molar-refractivity contribution in [3.8, 4) is 0 Å². The quantitative estimate of drug-likeness (QED) is 0.189. The zero-order valence-corrected chi connectivity index (χ0v) is 17.2. The van der Waals surface area contributed by atoms with Crippen LogP contribution >= 0.6 is 0 Å². The third-order valence-electron chi connectivity index (χ3n) is 2.93. The molecule has 0 aromatic carbocycles. The summed E-state index contributed by atoms with van der Waals surface area (Å²) in [5.74, 6) is 0. The molecule has 0 heterocycles. The second-order valence-corrected chi connectivity index (χ2v) is 7.32. The Morgan fingerprint density at radius 1 is 0.864 bits per heavy atom. The topological polar surface area (TPSA) is 110 Å². The van der Waals surface area contributed by atoms with Crippen molar-refractivity contribution < 1.29 is 58.8 Å². The Morgan fingerprint density at radius 3 is 1.86 bits per heavy atom. The van der Waals surface area contributed by atoms with Gasteiger partial charge in [0.2, 0.25) is 10.4 Å². The molecule has 1 unspecified atom stereocenters. The number of unbranched alkanes of at least 4 members (excludes halogenated alkanes) is 5. The standard InChI is InChI=1S/C12H26O7S2.Na/c1-3-5-7-8-9-11-12(10-6-4-2)18-21(16,17)19-20(13,14)15;/h12H,3-11H2,1-2H3,(H,13,14,15);/q;+1/p-1. The zero-order valence-electron chi connectivity index (χ0n) is 13.6. The van der Waals surface area contributed by atoms with Crippen LogP contribution in [0, 0.1) is 0 Å². The molecule has 0 rings (SSSR count). The van der Waals surface area contributed by atoms with Crippen LogP contribution in [0.4, 0.5) is 0 Å². The van der Waals surface area contributed by atoms with Gasteiger partial charge in [0.25, 0.3) is 0 Å². The molecule has 0 aromatic rings. The van der Waals surface area contributed by atoms with E-state index in [-0.39, 0.29) is 29.6 Å². The van der Waals surface area contributed by atoms with Gasteiger partial charge in [0.15, 0.2) is 0 Å². The van der Waals surface area contributed by atoms with Crippen LogP contribution in [0.5, 0.6) is 0 Å². The second-order valence-electron chi connectivity index (χ2n) is 4.95. The van der Waals surface area contributed by atoms with Crippen molar-refractivity contribution in [2.24, 2.45) is 0 Å². The number of hydrogen-bond acceptors (Lipinski definition) is 7. The predicted molar refractivity (Wildman–Crippen MR) is 77.5 cm³/mol. The van der Waals surface area contributed by atoms with Crippen molar-refractivity contribution in [1.29, 1.82) is 0 Å². The van der Waals surface area contributed by atoms with Gasteiger partial charge in [0.1, 0.15) is 0 Å². The van der Waals surface area contributed by atoms with Crippen molar-refractivity contribution in [1.82, 2.24) is 0 Å². The minimum atomic E-state index is -5.34. The minimum absolute atomic E-state index is 0. The maximum atomic E-state index is 11.3. The minimum Gasteiger partial charge on any atom is -0.725 e. The third kappa shape index (κ3) is 15.7. The Balaban J connectivity index is 0. The van der Waals surface area contributed by atoms with E-state index in [2.05, 4.69) is 10.6 Å². The Hall–Kier alpha value is 0.780. The van der Waals surface area contributed by atoms with E-state index >= 15 is 0 Å². The molecule has 0 saturated heterocycles. The van der Waals surface area contributed by atoms with Crippen LogP contribution in [0.1, 0.15) is 71.6 Å². The van der Waals surface area contributed by atoms with Crippen LogP contribution in [0.25, 0.3) is 0 Å². The van der Waals surface area contributed by atoms with Crippen LogP contribution in [-0.2, 0) is 28.6 Å². The largest absolute Gasteiger partial charge is 1.00 e. The summed E-state index contributed by atoms with van der Waals surface area (Å²) in [7, 11) is -10.2. The van der Waals surface area contributed by atoms with E-state index in [0.717, 1.165) is 44.9 Å². The first kappa shape index (κ1) is 25.0. The first-order chi connectivity index (χ1) is 9.70. The van der Waals surface area contributed by atoms with E-state index in [1.165, 1.54) is 0 Å². The normalized spacial score (nSPS) is 13.6. The molecule has 0 aliphatic heterocycles. The molecule has 10 heteroatoms. The molecule has 0 spiro atoms. The predicted octanol–water partition coefficient (Wildman–Crippen LogP) is -0.352. The van der Waals surface area contributed by atoms with Gasteiger partial charge in [-0.05, 0) is 12.8 Å². The summed E-state index contributed by atoms with van der Waals surface area (Å²) in [5, 5.41) is 0. The fraction of sp³-hybridized carbons (Fsp3) is 1.00. The maximum Gasteiger partial charge on any atom is 1.00 e. The third-order valence-corrected chi connectivity index (χ3v) is 4.77. The molecule has 0 saturated carbocycles. The van der Waals surface area contributed by atoms with Crippen molar-refractivity contribution >= 4 is 20.8 Å². The molecule has 0 N–H and O–H groups in total. The van der Waals surface area contributed by atoms with Crippen molar-refractivity contribution in [3.63, 3.8) is 0 Å². The Kier molecular flexibility index (Phi) is 14.9. The van der Waals surface area contributed by atoms with E-state index < -0.39 is 26.9 Å². The van der Waals surface area contributed by atoms with Gasteiger partial charge in [-0.1, -0.05) is 58.8 Å². The van der Waals surface area contributed by atoms with Crippen LogP contribution < -0.4 is 29.6 Å². The molecule has 1 atom stereocenters. The van der Waals surface area contributed by atoms with E-state index in [1.807, 2.05) is 6.92 Å². The molecule has 0 aromatic heterocycles. The summed E-state index contributed by atoms with van der Waals surface area (Å²) in [5.41, 5.74) is 0. The van der Waals surface area contributed by atoms with Gasteiger partial charge in [0.05, 0.1) is 6.10 Å². The van der Waals surface area contributed by atoms with Gasteiger partial charge in [0, 0.05) is 0 Å². The first-order valence-electron chi connectivity index (χ1n) is 7.30. The summed E-state index contributed by atoms with van der Waals surface area (Å²) in [4.78, 5) is 0. The van der Waals surface area contributed by atoms with Gasteiger partial charge >= 0.3 is 40.0 Å². The molecule has 7 nitrogen and oxygen atoms in total. The molecular weight excluding hydrogens is 343 g/mol. The molecule has 128 valence electrons. The Morgan fingerprint density at radius 2 is 1.36 bits per heavy atom. The summed E-state index contributed by atoms with van der Waals surface area (Å²) in [6, 6.07) is 0. The van der Waals surface area contributed by atoms with E-state index in [1.54, 1.807) is 0 Å². The monoisotopic (exact) mass is 368 g/mol. The fourth-order valence-electron chi connectivity index (χ4n) is 1.93. The van der Waals surface area contributed by atoms with Gasteiger partial charge in [-0.25, -0.2) is 12.6 Å². The van der Waals surface area contributed by atoms with E-state index in [0.29, 0.717) is 12.8 Å². The fourth-order valence-corrected chi connectivity index (χ4v) is 3.40.